The Kier molecular flexibility index (Phi) is 7.79. The highest BCUT2D eigenvalue weighted by Gasteiger charge is 2.29. The lowest BCUT2D eigenvalue weighted by Crippen LogP contribution is -2.45. The number of amides is 7. The third kappa shape index (κ3) is 6.38. The van der Waals surface area contributed by atoms with Gasteiger partial charge in [-0.1, -0.05) is 18.2 Å². The van der Waals surface area contributed by atoms with Gasteiger partial charge in [0.1, 0.15) is 0 Å². The Hall–Kier alpha value is -4.41. The van der Waals surface area contributed by atoms with Gasteiger partial charge in [0.25, 0.3) is 0 Å². The van der Waals surface area contributed by atoms with Crippen molar-refractivity contribution in [3.05, 3.63) is 54.6 Å². The van der Waals surface area contributed by atoms with Crippen LogP contribution in [0.5, 0.6) is 0 Å². The number of para-hydroxylation sites is 1. The van der Waals surface area contributed by atoms with Crippen molar-refractivity contribution in [3.63, 3.8) is 0 Å². The van der Waals surface area contributed by atoms with Crippen LogP contribution in [0.25, 0.3) is 0 Å². The summed E-state index contributed by atoms with van der Waals surface area (Å²) in [6.07, 6.45) is 1.40. The molecule has 2 aliphatic heterocycles. The smallest absolute Gasteiger partial charge is 0.324 e. The molecule has 2 aliphatic rings. The van der Waals surface area contributed by atoms with Crippen LogP contribution in [0.15, 0.2) is 54.6 Å². The lowest BCUT2D eigenvalue weighted by Gasteiger charge is -2.32. The molecule has 4 N–H and O–H groups in total. The van der Waals surface area contributed by atoms with Gasteiger partial charge in [0.15, 0.2) is 0 Å². The van der Waals surface area contributed by atoms with Crippen LogP contribution in [-0.2, 0) is 14.4 Å². The molecule has 0 bridgehead atoms. The highest BCUT2D eigenvalue weighted by molar-refractivity contribution is 6.02. The van der Waals surface area contributed by atoms with Crippen LogP contribution in [0.3, 0.4) is 0 Å². The summed E-state index contributed by atoms with van der Waals surface area (Å²) in [4.78, 5) is 63.3. The largest absolute Gasteiger partial charge is 0.329 e. The van der Waals surface area contributed by atoms with Crippen molar-refractivity contribution in [1.82, 2.24) is 15.1 Å². The number of carbonyl (C=O) groups is 5. The predicted molar refractivity (Wildman–Crippen MR) is 133 cm³/mol. The Morgan fingerprint density at radius 1 is 0.889 bits per heavy atom. The van der Waals surface area contributed by atoms with Crippen LogP contribution in [0.1, 0.15) is 19.3 Å². The lowest BCUT2D eigenvalue weighted by atomic mass is 9.97. The number of piperidine rings is 1. The molecule has 0 aliphatic carbocycles. The molecule has 2 fully saturated rings. The highest BCUT2D eigenvalue weighted by atomic mass is 16.2. The number of benzene rings is 2. The van der Waals surface area contributed by atoms with Gasteiger partial charge in [0.2, 0.25) is 17.7 Å². The Balaban J connectivity index is 1.24. The minimum Gasteiger partial charge on any atom is -0.329 e. The maximum Gasteiger partial charge on any atom is 0.324 e. The zero-order chi connectivity index (χ0) is 25.5. The van der Waals surface area contributed by atoms with Gasteiger partial charge in [-0.2, -0.15) is 0 Å². The second-order valence-electron chi connectivity index (χ2n) is 8.65. The van der Waals surface area contributed by atoms with Crippen molar-refractivity contribution < 1.29 is 24.0 Å². The van der Waals surface area contributed by atoms with E-state index in [1.165, 1.54) is 0 Å². The second kappa shape index (κ2) is 11.3. The first-order chi connectivity index (χ1) is 17.4. The summed E-state index contributed by atoms with van der Waals surface area (Å²) in [6, 6.07) is 15.1. The Bertz CT molecular complexity index is 1120. The summed E-state index contributed by atoms with van der Waals surface area (Å²) in [5.74, 6) is -1.19. The first-order valence-electron chi connectivity index (χ1n) is 11.8. The number of rotatable bonds is 7. The van der Waals surface area contributed by atoms with Crippen molar-refractivity contribution >= 4 is 46.8 Å². The Morgan fingerprint density at radius 2 is 1.56 bits per heavy atom. The van der Waals surface area contributed by atoms with E-state index in [1.807, 2.05) is 30.3 Å². The van der Waals surface area contributed by atoms with Gasteiger partial charge >= 0.3 is 12.1 Å². The van der Waals surface area contributed by atoms with E-state index in [9.17, 15) is 24.0 Å². The van der Waals surface area contributed by atoms with Crippen molar-refractivity contribution in [2.24, 2.45) is 5.92 Å². The number of imide groups is 1. The fraction of sp³-hybridized carbons (Fsp3) is 0.320. The number of nitrogens with zero attached hydrogens (tertiary/aromatic N) is 2. The topological polar surface area (TPSA) is 140 Å². The first kappa shape index (κ1) is 24.7. The van der Waals surface area contributed by atoms with E-state index in [2.05, 4.69) is 21.3 Å². The number of carbonyl (C=O) groups excluding carboxylic acids is 5. The molecule has 7 amide bonds. The maximum atomic E-state index is 12.8. The van der Waals surface area contributed by atoms with Gasteiger partial charge in [-0.3, -0.25) is 19.3 Å². The van der Waals surface area contributed by atoms with Crippen LogP contribution in [0.4, 0.5) is 26.7 Å². The summed E-state index contributed by atoms with van der Waals surface area (Å²) >= 11 is 0. The van der Waals surface area contributed by atoms with Gasteiger partial charge in [-0.25, -0.2) is 9.59 Å². The summed E-state index contributed by atoms with van der Waals surface area (Å²) < 4.78 is 0. The number of nitrogens with one attached hydrogen (secondary N) is 4. The van der Waals surface area contributed by atoms with Crippen LogP contribution >= 0.6 is 0 Å². The molecule has 188 valence electrons. The molecule has 2 saturated heterocycles. The quantitative estimate of drug-likeness (QED) is 0.440. The monoisotopic (exact) mass is 492 g/mol. The molecule has 0 saturated carbocycles. The molecule has 2 aromatic carbocycles. The van der Waals surface area contributed by atoms with Crippen molar-refractivity contribution in [2.75, 3.05) is 42.1 Å². The van der Waals surface area contributed by atoms with E-state index in [0.717, 1.165) is 11.3 Å². The SMILES string of the molecule is O=C(CCN1C(=O)CNC1=O)Nc1ccc(NC(=O)C2CCCN(C(=O)Nc3ccccc3)C2)cc1. The third-order valence-electron chi connectivity index (χ3n) is 6.04. The van der Waals surface area contributed by atoms with E-state index < -0.39 is 6.03 Å². The molecule has 11 heteroatoms. The van der Waals surface area contributed by atoms with Crippen LogP contribution in [0.2, 0.25) is 0 Å². The molecule has 0 spiro atoms. The highest BCUT2D eigenvalue weighted by Crippen LogP contribution is 2.21. The molecule has 36 heavy (non-hydrogen) atoms. The molecule has 11 nitrogen and oxygen atoms in total. The van der Waals surface area contributed by atoms with Crippen molar-refractivity contribution in [1.29, 1.82) is 0 Å². The number of hydrogen-bond donors (Lipinski definition) is 4. The minimum absolute atomic E-state index is 0.00637. The fourth-order valence-corrected chi connectivity index (χ4v) is 4.10. The molecule has 2 aromatic rings. The van der Waals surface area contributed by atoms with E-state index in [0.29, 0.717) is 36.6 Å². The molecule has 1 atom stereocenters. The predicted octanol–water partition coefficient (Wildman–Crippen LogP) is 2.45. The van der Waals surface area contributed by atoms with Crippen molar-refractivity contribution in [3.8, 4) is 0 Å². The number of anilines is 3. The first-order valence-corrected chi connectivity index (χ1v) is 11.8. The summed E-state index contributed by atoms with van der Waals surface area (Å²) in [5.41, 5.74) is 1.80. The molecular weight excluding hydrogens is 464 g/mol. The molecule has 0 radical (unpaired) electrons. The average Bonchev–Trinajstić information content (AvgIpc) is 3.21. The van der Waals surface area contributed by atoms with E-state index >= 15 is 0 Å². The van der Waals surface area contributed by atoms with Gasteiger partial charge in [0, 0.05) is 43.1 Å². The van der Waals surface area contributed by atoms with Gasteiger partial charge in [-0.15, -0.1) is 0 Å². The zero-order valence-corrected chi connectivity index (χ0v) is 19.7. The normalized spacial score (nSPS) is 17.4. The average molecular weight is 493 g/mol. The van der Waals surface area contributed by atoms with Gasteiger partial charge in [0.05, 0.1) is 12.5 Å². The van der Waals surface area contributed by atoms with Crippen molar-refractivity contribution in [2.45, 2.75) is 19.3 Å². The van der Waals surface area contributed by atoms with E-state index in [-0.39, 0.29) is 49.2 Å². The molecular formula is C25H28N6O5. The van der Waals surface area contributed by atoms with Crippen LogP contribution in [0, 0.1) is 5.92 Å². The number of likely N-dealkylation sites (tertiary alicyclic amines) is 1. The zero-order valence-electron chi connectivity index (χ0n) is 19.7. The lowest BCUT2D eigenvalue weighted by molar-refractivity contribution is -0.125. The summed E-state index contributed by atoms with van der Waals surface area (Å²) in [7, 11) is 0. The van der Waals surface area contributed by atoms with Gasteiger partial charge < -0.3 is 26.2 Å². The molecule has 1 unspecified atom stereocenters. The summed E-state index contributed by atoms with van der Waals surface area (Å²) in [6.45, 7) is 0.878. The fourth-order valence-electron chi connectivity index (χ4n) is 4.10. The standard InChI is InChI=1S/C25H28N6O5/c32-21(12-14-31-22(33)15-26-24(31)35)27-19-8-10-20(11-9-19)28-23(34)17-5-4-13-30(16-17)25(36)29-18-6-2-1-3-7-18/h1-3,6-11,17H,4-5,12-16H2,(H,26,35)(H,27,32)(H,28,34)(H,29,36). The Labute approximate surface area is 208 Å². The van der Waals surface area contributed by atoms with Crippen LogP contribution in [-0.4, -0.2) is 65.8 Å². The Morgan fingerprint density at radius 3 is 2.22 bits per heavy atom. The maximum absolute atomic E-state index is 12.8. The van der Waals surface area contributed by atoms with Gasteiger partial charge in [-0.05, 0) is 49.2 Å². The molecule has 2 heterocycles. The van der Waals surface area contributed by atoms with Crippen LogP contribution < -0.4 is 21.3 Å². The van der Waals surface area contributed by atoms with E-state index in [4.69, 9.17) is 0 Å². The molecule has 0 aromatic heterocycles. The van der Waals surface area contributed by atoms with E-state index in [1.54, 1.807) is 29.2 Å². The molecule has 4 rings (SSSR count). The minimum atomic E-state index is -0.495. The second-order valence-corrected chi connectivity index (χ2v) is 8.65. The third-order valence-corrected chi connectivity index (χ3v) is 6.04. The summed E-state index contributed by atoms with van der Waals surface area (Å²) in [5, 5.41) is 10.8. The number of urea groups is 2. The number of hydrogen-bond acceptors (Lipinski definition) is 5.